The second-order valence-electron chi connectivity index (χ2n) is 7.87. The number of aromatic amines is 3. The maximum atomic E-state index is 12.6. The number of rotatable bonds is 7. The smallest absolute Gasteiger partial charge is 0.254 e. The Morgan fingerprint density at radius 1 is 1.06 bits per heavy atom. The number of hydrogen-bond acceptors (Lipinski definition) is 8. The molecule has 0 bridgehead atoms. The molecule has 5 rings (SSSR count). The van der Waals surface area contributed by atoms with E-state index in [4.69, 9.17) is 0 Å². The summed E-state index contributed by atoms with van der Waals surface area (Å²) in [5.41, 5.74) is 4.78. The van der Waals surface area contributed by atoms with Crippen molar-refractivity contribution in [1.29, 1.82) is 0 Å². The lowest BCUT2D eigenvalue weighted by atomic mass is 10.0. The van der Waals surface area contributed by atoms with E-state index in [1.165, 1.54) is 31.0 Å². The molecule has 35 heavy (non-hydrogen) atoms. The Hall–Kier alpha value is -4.87. The number of carbonyl (C=O) groups excluding carboxylic acids is 2. The van der Waals surface area contributed by atoms with Gasteiger partial charge in [0, 0.05) is 60.7 Å². The third-order valence-electron chi connectivity index (χ3n) is 5.68. The van der Waals surface area contributed by atoms with Crippen LogP contribution in [0.2, 0.25) is 0 Å². The molecule has 1 atom stereocenters. The lowest BCUT2D eigenvalue weighted by molar-refractivity contribution is -0.120. The number of nitrogens with zero attached hydrogens (tertiary/aromatic N) is 5. The maximum Gasteiger partial charge on any atom is 0.254 e. The van der Waals surface area contributed by atoms with Gasteiger partial charge < -0.3 is 20.1 Å². The largest absolute Gasteiger partial charge is 0.504 e. The Kier molecular flexibility index (Phi) is 5.75. The lowest BCUT2D eigenvalue weighted by Gasteiger charge is -2.06. The van der Waals surface area contributed by atoms with Crippen LogP contribution in [0.5, 0.6) is 0 Å². The van der Waals surface area contributed by atoms with Crippen LogP contribution in [-0.4, -0.2) is 57.9 Å². The van der Waals surface area contributed by atoms with Gasteiger partial charge in [0.05, 0.1) is 16.7 Å². The summed E-state index contributed by atoms with van der Waals surface area (Å²) in [5.74, 6) is -0.651. The molecule has 12 nitrogen and oxygen atoms in total. The zero-order chi connectivity index (χ0) is 24.4. The van der Waals surface area contributed by atoms with Crippen LogP contribution in [-0.2, 0) is 11.2 Å². The molecule has 12 heteroatoms. The van der Waals surface area contributed by atoms with E-state index in [1.54, 1.807) is 18.5 Å². The summed E-state index contributed by atoms with van der Waals surface area (Å²) < 4.78 is 0. The predicted octanol–water partition coefficient (Wildman–Crippen LogP) is 0.117. The fourth-order valence-corrected chi connectivity index (χ4v) is 4.02. The highest BCUT2D eigenvalue weighted by atomic mass is 16.3. The second kappa shape index (κ2) is 9.17. The van der Waals surface area contributed by atoms with Gasteiger partial charge in [0.25, 0.3) is 5.91 Å². The van der Waals surface area contributed by atoms with Crippen molar-refractivity contribution in [3.8, 4) is 0 Å². The minimum atomic E-state index is -0.678. The maximum absolute atomic E-state index is 12.6. The quantitative estimate of drug-likeness (QED) is 0.238. The monoisotopic (exact) mass is 471 g/mol. The summed E-state index contributed by atoms with van der Waals surface area (Å²) in [7, 11) is 0. The zero-order valence-corrected chi connectivity index (χ0v) is 18.6. The number of aromatic nitrogens is 7. The Balaban J connectivity index is 1.64. The van der Waals surface area contributed by atoms with Crippen LogP contribution in [0.15, 0.2) is 42.3 Å². The van der Waals surface area contributed by atoms with E-state index in [0.717, 1.165) is 11.3 Å². The zero-order valence-electron chi connectivity index (χ0n) is 18.6. The first-order valence-corrected chi connectivity index (χ1v) is 10.8. The molecule has 0 aromatic carbocycles. The van der Waals surface area contributed by atoms with Gasteiger partial charge in [-0.1, -0.05) is 0 Å². The number of nitrogens with one attached hydrogen (secondary N) is 4. The average molecular weight is 471 g/mol. The lowest BCUT2D eigenvalue weighted by Crippen LogP contribution is -2.30. The van der Waals surface area contributed by atoms with Crippen molar-refractivity contribution in [2.75, 3.05) is 0 Å². The number of hydrogen-bond donors (Lipinski definition) is 5. The summed E-state index contributed by atoms with van der Waals surface area (Å²) in [6.07, 6.45) is 13.0. The van der Waals surface area contributed by atoms with Crippen LogP contribution < -0.4 is 16.0 Å². The number of H-pyrrole nitrogens is 3. The first-order valence-electron chi connectivity index (χ1n) is 10.8. The summed E-state index contributed by atoms with van der Waals surface area (Å²) in [4.78, 5) is 50.7. The summed E-state index contributed by atoms with van der Waals surface area (Å²) in [6, 6.07) is 0. The van der Waals surface area contributed by atoms with E-state index >= 15 is 0 Å². The number of amides is 1. The Morgan fingerprint density at radius 3 is 2.49 bits per heavy atom. The SMILES string of the molecule is Cc1[nH]c(=Cc2nccnc2C2C=NNC2=O)c(=C(O)c2ncc[nH]2)c1CCC(=O)c1ncc[nH]1. The number of aliphatic hydroxyl groups excluding tert-OH is 1. The van der Waals surface area contributed by atoms with Gasteiger partial charge in [-0.25, -0.2) is 15.4 Å². The van der Waals surface area contributed by atoms with Crippen LogP contribution in [0.4, 0.5) is 0 Å². The van der Waals surface area contributed by atoms with Crippen LogP contribution >= 0.6 is 0 Å². The molecular formula is C23H21N9O3. The number of hydrazone groups is 1. The molecule has 176 valence electrons. The van der Waals surface area contributed by atoms with Crippen molar-refractivity contribution in [3.05, 3.63) is 82.0 Å². The molecule has 5 heterocycles. The average Bonchev–Trinajstić information content (AvgIpc) is 3.66. The van der Waals surface area contributed by atoms with Gasteiger partial charge >= 0.3 is 0 Å². The molecule has 0 radical (unpaired) electrons. The van der Waals surface area contributed by atoms with Crippen LogP contribution in [0.1, 0.15) is 51.4 Å². The molecule has 1 aliphatic rings. The molecule has 0 saturated carbocycles. The fourth-order valence-electron chi connectivity index (χ4n) is 4.02. The highest BCUT2D eigenvalue weighted by Crippen LogP contribution is 2.18. The number of carbonyl (C=O) groups is 2. The van der Waals surface area contributed by atoms with E-state index in [1.807, 2.05) is 6.92 Å². The minimum Gasteiger partial charge on any atom is -0.504 e. The first-order chi connectivity index (χ1) is 17.0. The van der Waals surface area contributed by atoms with Crippen molar-refractivity contribution in [1.82, 2.24) is 40.3 Å². The van der Waals surface area contributed by atoms with Crippen molar-refractivity contribution in [2.24, 2.45) is 5.10 Å². The Bertz CT molecular complexity index is 1530. The summed E-state index contributed by atoms with van der Waals surface area (Å²) in [5, 5.41) is 16.0. The molecule has 0 spiro atoms. The standard InChI is InChI=1S/C23H21N9O3/c1-12-13(2-3-17(33)21-26-6-7-27-21)18(20(34)22-28-8-9-29-22)15(31-12)10-16-19(25-5-4-24-16)14-11-30-32-23(14)35/h4-11,14,31,34H,2-3H2,1H3,(H,26,27)(H,28,29)(H,32,35). The van der Waals surface area contributed by atoms with E-state index in [9.17, 15) is 14.7 Å². The van der Waals surface area contributed by atoms with Gasteiger partial charge in [0.2, 0.25) is 0 Å². The Morgan fingerprint density at radius 2 is 1.80 bits per heavy atom. The topological polar surface area (TPSA) is 178 Å². The van der Waals surface area contributed by atoms with E-state index < -0.39 is 5.92 Å². The molecular weight excluding hydrogens is 450 g/mol. The molecule has 4 aromatic heterocycles. The van der Waals surface area contributed by atoms with Gasteiger partial charge in [-0.15, -0.1) is 0 Å². The van der Waals surface area contributed by atoms with Gasteiger partial charge in [-0.3, -0.25) is 19.6 Å². The van der Waals surface area contributed by atoms with Crippen LogP contribution in [0.3, 0.4) is 0 Å². The number of aryl methyl sites for hydroxylation is 1. The number of ketones is 1. The van der Waals surface area contributed by atoms with Crippen molar-refractivity contribution in [3.63, 3.8) is 0 Å². The summed E-state index contributed by atoms with van der Waals surface area (Å²) >= 11 is 0. The molecule has 5 N–H and O–H groups in total. The van der Waals surface area contributed by atoms with Gasteiger partial charge in [0.15, 0.2) is 23.2 Å². The molecule has 0 aliphatic carbocycles. The van der Waals surface area contributed by atoms with E-state index in [2.05, 4.69) is 45.4 Å². The van der Waals surface area contributed by atoms with Crippen molar-refractivity contribution in [2.45, 2.75) is 25.7 Å². The Labute approximate surface area is 198 Å². The van der Waals surface area contributed by atoms with Crippen LogP contribution in [0.25, 0.3) is 11.8 Å². The number of Topliss-reactive ketones (excluding diaryl/α,β-unsaturated/α-hetero) is 1. The highest BCUT2D eigenvalue weighted by Gasteiger charge is 2.27. The summed E-state index contributed by atoms with van der Waals surface area (Å²) in [6.45, 7) is 1.86. The van der Waals surface area contributed by atoms with Crippen LogP contribution in [0, 0.1) is 6.92 Å². The number of imidazole rings is 2. The van der Waals surface area contributed by atoms with E-state index in [0.29, 0.717) is 28.4 Å². The van der Waals surface area contributed by atoms with Gasteiger partial charge in [-0.05, 0) is 25.0 Å². The predicted molar refractivity (Wildman–Crippen MR) is 125 cm³/mol. The van der Waals surface area contributed by atoms with Crippen molar-refractivity contribution < 1.29 is 14.7 Å². The molecule has 1 unspecified atom stereocenters. The normalized spacial score (nSPS) is 16.5. The molecule has 1 aliphatic heterocycles. The van der Waals surface area contributed by atoms with E-state index in [-0.39, 0.29) is 35.5 Å². The third kappa shape index (κ3) is 4.24. The van der Waals surface area contributed by atoms with Gasteiger partial charge in [0.1, 0.15) is 5.92 Å². The third-order valence-corrected chi connectivity index (χ3v) is 5.68. The molecule has 1 amide bonds. The highest BCUT2D eigenvalue weighted by molar-refractivity contribution is 6.02. The molecule has 0 saturated heterocycles. The van der Waals surface area contributed by atoms with Gasteiger partial charge in [-0.2, -0.15) is 5.10 Å². The minimum absolute atomic E-state index is 0.0864. The molecule has 4 aromatic rings. The number of aliphatic hydroxyl groups is 1. The fraction of sp³-hybridized carbons (Fsp3) is 0.174. The van der Waals surface area contributed by atoms with Crippen molar-refractivity contribution >= 4 is 29.7 Å². The second-order valence-corrected chi connectivity index (χ2v) is 7.87. The molecule has 0 fully saturated rings. The first kappa shape index (κ1) is 21.9.